The molecule has 2 heterocycles. The molecular formula is C29H25FN4O3. The van der Waals surface area contributed by atoms with E-state index in [-0.39, 0.29) is 6.42 Å². The highest BCUT2D eigenvalue weighted by Crippen LogP contribution is 2.33. The number of fused-ring (bicyclic) bond motifs is 2. The van der Waals surface area contributed by atoms with Gasteiger partial charge in [-0.1, -0.05) is 18.2 Å². The maximum absolute atomic E-state index is 14.1. The van der Waals surface area contributed by atoms with Gasteiger partial charge < -0.3 is 10.1 Å². The number of hydrogen-bond acceptors (Lipinski definition) is 3. The Morgan fingerprint density at radius 1 is 1.08 bits per heavy atom. The van der Waals surface area contributed by atoms with Crippen molar-refractivity contribution in [1.82, 2.24) is 14.1 Å². The van der Waals surface area contributed by atoms with Gasteiger partial charge in [0.15, 0.2) is 0 Å². The van der Waals surface area contributed by atoms with Gasteiger partial charge in [0, 0.05) is 22.7 Å². The molecule has 0 aliphatic rings. The van der Waals surface area contributed by atoms with E-state index in [0.717, 1.165) is 27.6 Å². The Labute approximate surface area is 212 Å². The predicted octanol–water partition coefficient (Wildman–Crippen LogP) is 5.59. The van der Waals surface area contributed by atoms with Crippen LogP contribution in [0.4, 0.5) is 4.39 Å². The zero-order valence-corrected chi connectivity index (χ0v) is 20.6. The first-order valence-electron chi connectivity index (χ1n) is 11.9. The van der Waals surface area contributed by atoms with Gasteiger partial charge in [-0.2, -0.15) is 5.26 Å². The molecule has 0 saturated heterocycles. The van der Waals surface area contributed by atoms with E-state index >= 15 is 0 Å². The molecule has 0 saturated carbocycles. The molecule has 0 aliphatic heterocycles. The Bertz CT molecular complexity index is 1770. The molecular weight excluding hydrogens is 471 g/mol. The summed E-state index contributed by atoms with van der Waals surface area (Å²) < 4.78 is 16.7. The normalized spacial score (nSPS) is 13.1. The van der Waals surface area contributed by atoms with Gasteiger partial charge in [-0.15, -0.1) is 0 Å². The largest absolute Gasteiger partial charge is 0.481 e. The standard InChI is InChI=1S/C29H25FN4O3/c1-16-10-17(2)28-22(15-32-23(28)11-16)18(3)33-24-9-4-19(14-31)12-26(24)34(29(33)37)25(13-27(35)36)20-5-7-21(30)8-6-20/h4-12,15,18,25,32H,13H2,1-3H3,(H,35,36)/t18?,25-/m1/s1. The summed E-state index contributed by atoms with van der Waals surface area (Å²) >= 11 is 0. The Morgan fingerprint density at radius 2 is 1.81 bits per heavy atom. The highest BCUT2D eigenvalue weighted by Gasteiger charge is 2.28. The fourth-order valence-corrected chi connectivity index (χ4v) is 5.36. The van der Waals surface area contributed by atoms with Crippen LogP contribution in [0.15, 0.2) is 65.6 Å². The lowest BCUT2D eigenvalue weighted by Crippen LogP contribution is -2.31. The molecule has 37 heavy (non-hydrogen) atoms. The average molecular weight is 497 g/mol. The van der Waals surface area contributed by atoms with Crippen molar-refractivity contribution in [3.63, 3.8) is 0 Å². The Kier molecular flexibility index (Phi) is 5.92. The molecule has 0 amide bonds. The lowest BCUT2D eigenvalue weighted by molar-refractivity contribution is -0.137. The van der Waals surface area contributed by atoms with E-state index in [4.69, 9.17) is 0 Å². The van der Waals surface area contributed by atoms with E-state index in [0.29, 0.717) is 22.2 Å². The number of rotatable bonds is 6. The number of aryl methyl sites for hydroxylation is 2. The molecule has 2 aromatic heterocycles. The van der Waals surface area contributed by atoms with E-state index < -0.39 is 29.6 Å². The van der Waals surface area contributed by atoms with Crippen molar-refractivity contribution in [2.24, 2.45) is 0 Å². The summed E-state index contributed by atoms with van der Waals surface area (Å²) in [7, 11) is 0. The molecule has 186 valence electrons. The van der Waals surface area contributed by atoms with Gasteiger partial charge >= 0.3 is 11.7 Å². The fraction of sp³-hybridized carbons (Fsp3) is 0.207. The van der Waals surface area contributed by atoms with Crippen molar-refractivity contribution in [3.8, 4) is 6.07 Å². The highest BCUT2D eigenvalue weighted by molar-refractivity contribution is 5.88. The number of nitrogens with zero attached hydrogens (tertiary/aromatic N) is 3. The van der Waals surface area contributed by atoms with Gasteiger partial charge in [-0.25, -0.2) is 9.18 Å². The van der Waals surface area contributed by atoms with Gasteiger partial charge in [-0.05, 0) is 73.9 Å². The lowest BCUT2D eigenvalue weighted by Gasteiger charge is -2.18. The van der Waals surface area contributed by atoms with Crippen molar-refractivity contribution in [2.75, 3.05) is 0 Å². The van der Waals surface area contributed by atoms with Gasteiger partial charge in [0.05, 0.1) is 41.2 Å². The summed E-state index contributed by atoms with van der Waals surface area (Å²) in [6.07, 6.45) is 1.51. The van der Waals surface area contributed by atoms with Crippen LogP contribution in [-0.2, 0) is 4.79 Å². The summed E-state index contributed by atoms with van der Waals surface area (Å²) in [5.74, 6) is -1.56. The number of carbonyl (C=O) groups is 1. The second kappa shape index (κ2) is 9.10. The Hall–Kier alpha value is -4.64. The van der Waals surface area contributed by atoms with Crippen molar-refractivity contribution in [2.45, 2.75) is 39.3 Å². The third kappa shape index (κ3) is 4.08. The molecule has 2 N–H and O–H groups in total. The van der Waals surface area contributed by atoms with Gasteiger partial charge in [0.1, 0.15) is 5.82 Å². The van der Waals surface area contributed by atoms with Gasteiger partial charge in [0.25, 0.3) is 0 Å². The smallest absolute Gasteiger partial charge is 0.330 e. The minimum atomic E-state index is -1.10. The number of aliphatic carboxylic acids is 1. The number of aromatic nitrogens is 3. The SMILES string of the molecule is Cc1cc(C)c2c(C(C)n3c(=O)n([C@H](CC(=O)O)c4ccc(F)cc4)c4cc(C#N)ccc43)c[nH]c2c1. The number of imidazole rings is 1. The highest BCUT2D eigenvalue weighted by atomic mass is 19.1. The van der Waals surface area contributed by atoms with E-state index in [1.165, 1.54) is 28.8 Å². The second-order valence-corrected chi connectivity index (χ2v) is 9.43. The topological polar surface area (TPSA) is 104 Å². The molecule has 0 bridgehead atoms. The molecule has 3 aromatic carbocycles. The predicted molar refractivity (Wildman–Crippen MR) is 139 cm³/mol. The van der Waals surface area contributed by atoms with Gasteiger partial charge in [-0.3, -0.25) is 13.9 Å². The van der Waals surface area contributed by atoms with Crippen LogP contribution < -0.4 is 5.69 Å². The third-order valence-corrected chi connectivity index (χ3v) is 6.96. The molecule has 8 heteroatoms. The molecule has 0 radical (unpaired) electrons. The molecule has 0 aliphatic carbocycles. The zero-order valence-electron chi connectivity index (χ0n) is 20.6. The maximum atomic E-state index is 14.1. The maximum Gasteiger partial charge on any atom is 0.330 e. The van der Waals surface area contributed by atoms with Crippen molar-refractivity contribution >= 4 is 27.9 Å². The number of aromatic amines is 1. The van der Waals surface area contributed by atoms with Crippen LogP contribution in [-0.4, -0.2) is 25.2 Å². The van der Waals surface area contributed by atoms with E-state index in [1.807, 2.05) is 27.0 Å². The molecule has 0 spiro atoms. The van der Waals surface area contributed by atoms with Crippen molar-refractivity contribution < 1.29 is 14.3 Å². The van der Waals surface area contributed by atoms with Crippen molar-refractivity contribution in [3.05, 3.63) is 105 Å². The number of carboxylic acid groups (broad SMARTS) is 1. The number of hydrogen-bond donors (Lipinski definition) is 2. The first-order valence-corrected chi connectivity index (χ1v) is 11.9. The monoisotopic (exact) mass is 496 g/mol. The minimum absolute atomic E-state index is 0.345. The van der Waals surface area contributed by atoms with Crippen LogP contribution in [0.2, 0.25) is 0 Å². The first-order chi connectivity index (χ1) is 17.7. The summed E-state index contributed by atoms with van der Waals surface area (Å²) in [6, 6.07) is 15.4. The molecule has 2 atom stereocenters. The Morgan fingerprint density at radius 3 is 2.49 bits per heavy atom. The zero-order chi connectivity index (χ0) is 26.4. The van der Waals surface area contributed by atoms with Gasteiger partial charge in [0.2, 0.25) is 0 Å². The average Bonchev–Trinajstić information content (AvgIpc) is 3.40. The van der Waals surface area contributed by atoms with Crippen LogP contribution in [0.25, 0.3) is 21.9 Å². The van der Waals surface area contributed by atoms with Crippen LogP contribution in [0.1, 0.15) is 53.2 Å². The lowest BCUT2D eigenvalue weighted by atomic mass is 10.0. The quantitative estimate of drug-likeness (QED) is 0.320. The van der Waals surface area contributed by atoms with E-state index in [1.54, 1.807) is 22.8 Å². The number of carboxylic acids is 1. The number of benzene rings is 3. The minimum Gasteiger partial charge on any atom is -0.481 e. The number of halogens is 1. The second-order valence-electron chi connectivity index (χ2n) is 9.43. The molecule has 7 nitrogen and oxygen atoms in total. The van der Waals surface area contributed by atoms with Crippen LogP contribution in [0.5, 0.6) is 0 Å². The van der Waals surface area contributed by atoms with E-state index in [2.05, 4.69) is 23.2 Å². The van der Waals surface area contributed by atoms with Crippen LogP contribution >= 0.6 is 0 Å². The molecule has 5 aromatic rings. The fourth-order valence-electron chi connectivity index (χ4n) is 5.36. The molecule has 1 unspecified atom stereocenters. The summed E-state index contributed by atoms with van der Waals surface area (Å²) in [5.41, 5.74) is 5.54. The number of nitriles is 1. The number of H-pyrrole nitrogens is 1. The third-order valence-electron chi connectivity index (χ3n) is 6.96. The number of nitrogens with one attached hydrogen (secondary N) is 1. The Balaban J connectivity index is 1.79. The molecule has 5 rings (SSSR count). The summed E-state index contributed by atoms with van der Waals surface area (Å²) in [5, 5.41) is 20.3. The van der Waals surface area contributed by atoms with Crippen molar-refractivity contribution in [1.29, 1.82) is 5.26 Å². The first kappa shape index (κ1) is 24.1. The summed E-state index contributed by atoms with van der Waals surface area (Å²) in [6.45, 7) is 5.98. The van der Waals surface area contributed by atoms with Crippen LogP contribution in [0.3, 0.4) is 0 Å². The van der Waals surface area contributed by atoms with E-state index in [9.17, 15) is 24.3 Å². The van der Waals surface area contributed by atoms with Crippen LogP contribution in [0, 0.1) is 31.0 Å². The summed E-state index contributed by atoms with van der Waals surface area (Å²) in [4.78, 5) is 29.3. The molecule has 0 fully saturated rings.